The molecule has 0 radical (unpaired) electrons. The number of hydrogen-bond acceptors (Lipinski definition) is 6. The highest BCUT2D eigenvalue weighted by atomic mass is 32.2. The summed E-state index contributed by atoms with van der Waals surface area (Å²) in [6, 6.07) is 3.81. The van der Waals surface area contributed by atoms with Crippen LogP contribution < -0.4 is 10.1 Å². The molecule has 0 amide bonds. The molecule has 3 heterocycles. The van der Waals surface area contributed by atoms with Gasteiger partial charge in [0.15, 0.2) is 5.16 Å². The molecule has 1 aliphatic rings. The molecule has 7 heteroatoms. The summed E-state index contributed by atoms with van der Waals surface area (Å²) in [7, 11) is 3.71. The van der Waals surface area contributed by atoms with Gasteiger partial charge >= 0.3 is 0 Å². The van der Waals surface area contributed by atoms with E-state index in [1.54, 1.807) is 25.1 Å². The standard InChI is InChI=1S/C15H21N5OS/c1-20-14(11-5-3-7-16-9-11)18-19-15(20)22-10-12-13(21-2)6-4-8-17-12/h4,6,8,11,16H,3,5,7,9-10H2,1-2H3. The molecule has 0 bridgehead atoms. The Balaban J connectivity index is 1.69. The smallest absolute Gasteiger partial charge is 0.191 e. The largest absolute Gasteiger partial charge is 0.495 e. The lowest BCUT2D eigenvalue weighted by Gasteiger charge is -2.21. The van der Waals surface area contributed by atoms with E-state index in [-0.39, 0.29) is 0 Å². The molecule has 2 aromatic heterocycles. The number of ether oxygens (including phenoxy) is 1. The maximum absolute atomic E-state index is 5.34. The third-order valence-corrected chi connectivity index (χ3v) is 4.97. The van der Waals surface area contributed by atoms with E-state index in [1.807, 2.05) is 19.2 Å². The molecule has 22 heavy (non-hydrogen) atoms. The number of piperidine rings is 1. The number of nitrogens with one attached hydrogen (secondary N) is 1. The van der Waals surface area contributed by atoms with Crippen molar-refractivity contribution < 1.29 is 4.74 Å². The Morgan fingerprint density at radius 1 is 1.45 bits per heavy atom. The van der Waals surface area contributed by atoms with Crippen molar-refractivity contribution in [2.45, 2.75) is 29.7 Å². The number of rotatable bonds is 5. The van der Waals surface area contributed by atoms with Gasteiger partial charge in [0.25, 0.3) is 0 Å². The van der Waals surface area contributed by atoms with E-state index < -0.39 is 0 Å². The fourth-order valence-electron chi connectivity index (χ4n) is 2.73. The first kappa shape index (κ1) is 15.3. The number of thioether (sulfide) groups is 1. The van der Waals surface area contributed by atoms with Gasteiger partial charge in [-0.15, -0.1) is 10.2 Å². The van der Waals surface area contributed by atoms with Crippen LogP contribution in [0.3, 0.4) is 0 Å². The van der Waals surface area contributed by atoms with Crippen molar-refractivity contribution in [1.82, 2.24) is 25.1 Å². The Bertz CT molecular complexity index is 624. The third kappa shape index (κ3) is 3.25. The predicted octanol–water partition coefficient (Wildman–Crippen LogP) is 1.98. The minimum absolute atomic E-state index is 0.463. The van der Waals surface area contributed by atoms with E-state index >= 15 is 0 Å². The number of pyridine rings is 1. The molecule has 0 spiro atoms. The van der Waals surface area contributed by atoms with Gasteiger partial charge < -0.3 is 14.6 Å². The van der Waals surface area contributed by atoms with Gasteiger partial charge in [-0.3, -0.25) is 4.98 Å². The molecular formula is C15H21N5OS. The zero-order chi connectivity index (χ0) is 15.4. The normalized spacial score (nSPS) is 18.4. The first-order valence-corrected chi connectivity index (χ1v) is 8.49. The summed E-state index contributed by atoms with van der Waals surface area (Å²) in [6.07, 6.45) is 4.16. The summed E-state index contributed by atoms with van der Waals surface area (Å²) in [5, 5.41) is 13.1. The van der Waals surface area contributed by atoms with Crippen molar-refractivity contribution >= 4 is 11.8 Å². The zero-order valence-electron chi connectivity index (χ0n) is 13.0. The topological polar surface area (TPSA) is 64.9 Å². The lowest BCUT2D eigenvalue weighted by molar-refractivity contribution is 0.409. The number of hydrogen-bond donors (Lipinski definition) is 1. The maximum atomic E-state index is 5.34. The second-order valence-corrected chi connectivity index (χ2v) is 6.33. The molecule has 1 atom stereocenters. The summed E-state index contributed by atoms with van der Waals surface area (Å²) < 4.78 is 7.45. The first-order chi connectivity index (χ1) is 10.8. The highest BCUT2D eigenvalue weighted by Gasteiger charge is 2.21. The van der Waals surface area contributed by atoms with Crippen LogP contribution in [0.5, 0.6) is 5.75 Å². The van der Waals surface area contributed by atoms with Gasteiger partial charge in [0.2, 0.25) is 0 Å². The molecule has 0 saturated carbocycles. The van der Waals surface area contributed by atoms with E-state index in [0.29, 0.717) is 5.92 Å². The van der Waals surface area contributed by atoms with Gasteiger partial charge in [0, 0.05) is 31.5 Å². The van der Waals surface area contributed by atoms with E-state index in [1.165, 1.54) is 12.8 Å². The molecule has 1 N–H and O–H groups in total. The van der Waals surface area contributed by atoms with Crippen molar-refractivity contribution in [1.29, 1.82) is 0 Å². The molecule has 118 valence electrons. The van der Waals surface area contributed by atoms with E-state index in [4.69, 9.17) is 4.74 Å². The molecule has 1 unspecified atom stereocenters. The van der Waals surface area contributed by atoms with Crippen LogP contribution in [0.2, 0.25) is 0 Å². The molecular weight excluding hydrogens is 298 g/mol. The van der Waals surface area contributed by atoms with Crippen molar-refractivity contribution in [3.05, 3.63) is 29.8 Å². The fourth-order valence-corrected chi connectivity index (χ4v) is 3.60. The second kappa shape index (κ2) is 7.11. The van der Waals surface area contributed by atoms with Crippen LogP contribution >= 0.6 is 11.8 Å². The highest BCUT2D eigenvalue weighted by Crippen LogP contribution is 2.28. The third-order valence-electron chi connectivity index (χ3n) is 3.94. The average molecular weight is 319 g/mol. The molecule has 2 aromatic rings. The van der Waals surface area contributed by atoms with Crippen LogP contribution in [0.25, 0.3) is 0 Å². The van der Waals surface area contributed by atoms with E-state index in [2.05, 4.69) is 25.1 Å². The van der Waals surface area contributed by atoms with Crippen molar-refractivity contribution in [2.75, 3.05) is 20.2 Å². The van der Waals surface area contributed by atoms with E-state index in [9.17, 15) is 0 Å². The summed E-state index contributed by atoms with van der Waals surface area (Å²) in [5.41, 5.74) is 0.930. The summed E-state index contributed by atoms with van der Waals surface area (Å²) in [6.45, 7) is 2.10. The van der Waals surface area contributed by atoms with Gasteiger partial charge in [0.05, 0.1) is 12.8 Å². The SMILES string of the molecule is COc1cccnc1CSc1nnc(C2CCCNC2)n1C. The molecule has 1 saturated heterocycles. The first-order valence-electron chi connectivity index (χ1n) is 7.50. The van der Waals surface area contributed by atoms with Crippen LogP contribution in [0.1, 0.15) is 30.3 Å². The molecule has 0 aromatic carbocycles. The van der Waals surface area contributed by atoms with Crippen LogP contribution in [0, 0.1) is 0 Å². The van der Waals surface area contributed by atoms with Crippen LogP contribution in [-0.2, 0) is 12.8 Å². The Morgan fingerprint density at radius 2 is 2.36 bits per heavy atom. The van der Waals surface area contributed by atoms with Gasteiger partial charge in [-0.05, 0) is 31.5 Å². The van der Waals surface area contributed by atoms with Crippen LogP contribution in [-0.4, -0.2) is 39.9 Å². The Morgan fingerprint density at radius 3 is 3.14 bits per heavy atom. The average Bonchev–Trinajstić information content (AvgIpc) is 2.95. The molecule has 1 aliphatic heterocycles. The monoisotopic (exact) mass is 319 g/mol. The lowest BCUT2D eigenvalue weighted by atomic mass is 9.99. The number of methoxy groups -OCH3 is 1. The van der Waals surface area contributed by atoms with Gasteiger partial charge in [-0.2, -0.15) is 0 Å². The van der Waals surface area contributed by atoms with Gasteiger partial charge in [0.1, 0.15) is 11.6 Å². The Labute approximate surface area is 134 Å². The van der Waals surface area contributed by atoms with Crippen molar-refractivity contribution in [3.63, 3.8) is 0 Å². The summed E-state index contributed by atoms with van der Waals surface area (Å²) >= 11 is 1.64. The predicted molar refractivity (Wildman–Crippen MR) is 86.2 cm³/mol. The van der Waals surface area contributed by atoms with Gasteiger partial charge in [-0.25, -0.2) is 0 Å². The number of nitrogens with zero attached hydrogens (tertiary/aromatic N) is 4. The maximum Gasteiger partial charge on any atom is 0.191 e. The Kier molecular flexibility index (Phi) is 4.94. The summed E-state index contributed by atoms with van der Waals surface area (Å²) in [5.74, 6) is 3.07. The molecule has 6 nitrogen and oxygen atoms in total. The van der Waals surface area contributed by atoms with Gasteiger partial charge in [-0.1, -0.05) is 11.8 Å². The number of aromatic nitrogens is 4. The minimum Gasteiger partial charge on any atom is -0.495 e. The second-order valence-electron chi connectivity index (χ2n) is 5.38. The summed E-state index contributed by atoms with van der Waals surface area (Å²) in [4.78, 5) is 4.38. The molecule has 3 rings (SSSR count). The molecule has 0 aliphatic carbocycles. The van der Waals surface area contributed by atoms with Crippen LogP contribution in [0.15, 0.2) is 23.5 Å². The fraction of sp³-hybridized carbons (Fsp3) is 0.533. The quantitative estimate of drug-likeness (QED) is 0.850. The molecule has 1 fully saturated rings. The zero-order valence-corrected chi connectivity index (χ0v) is 13.8. The van der Waals surface area contributed by atoms with Crippen molar-refractivity contribution in [2.24, 2.45) is 7.05 Å². The Hall–Kier alpha value is -1.60. The minimum atomic E-state index is 0.463. The van der Waals surface area contributed by atoms with Crippen LogP contribution in [0.4, 0.5) is 0 Å². The highest BCUT2D eigenvalue weighted by molar-refractivity contribution is 7.98. The van der Waals surface area contributed by atoms with E-state index in [0.717, 1.165) is 41.3 Å². The van der Waals surface area contributed by atoms with Crippen molar-refractivity contribution in [3.8, 4) is 5.75 Å². The lowest BCUT2D eigenvalue weighted by Crippen LogP contribution is -2.29.